The molecule has 3 aliphatic rings. The van der Waals surface area contributed by atoms with Crippen molar-refractivity contribution in [3.63, 3.8) is 0 Å². The van der Waals surface area contributed by atoms with E-state index in [0.717, 1.165) is 24.2 Å². The van der Waals surface area contributed by atoms with Crippen molar-refractivity contribution >= 4 is 69.9 Å². The van der Waals surface area contributed by atoms with Crippen LogP contribution >= 0.6 is 34.9 Å². The number of aromatic nitrogens is 5. The number of thioether (sulfide) groups is 2. The molecular formula is C19H19N9O6S3. The maximum absolute atomic E-state index is 13.1. The van der Waals surface area contributed by atoms with E-state index in [1.807, 2.05) is 0 Å². The number of amides is 3. The Morgan fingerprint density at radius 3 is 2.89 bits per heavy atom. The van der Waals surface area contributed by atoms with Gasteiger partial charge < -0.3 is 20.6 Å². The lowest BCUT2D eigenvalue weighted by Gasteiger charge is -2.49. The maximum Gasteiger partial charge on any atom is 0.352 e. The van der Waals surface area contributed by atoms with Crippen LogP contribution < -0.4 is 10.6 Å². The van der Waals surface area contributed by atoms with Crippen LogP contribution in [0, 0.1) is 0 Å². The van der Waals surface area contributed by atoms with Crippen molar-refractivity contribution in [2.24, 2.45) is 12.2 Å². The first kappa shape index (κ1) is 25.2. The number of carbonyl (C=O) groups excluding carboxylic acids is 3. The van der Waals surface area contributed by atoms with Gasteiger partial charge in [0.2, 0.25) is 11.6 Å². The molecule has 1 saturated heterocycles. The summed E-state index contributed by atoms with van der Waals surface area (Å²) in [6.07, 6.45) is 2.02. The number of hydrogen-bond donors (Lipinski definition) is 3. The van der Waals surface area contributed by atoms with Crippen molar-refractivity contribution < 1.29 is 29.1 Å². The molecule has 1 saturated carbocycles. The Morgan fingerprint density at radius 1 is 1.41 bits per heavy atom. The molecule has 4 heterocycles. The summed E-state index contributed by atoms with van der Waals surface area (Å²) < 4.78 is 1.47. The number of nitrogens with one attached hydrogen (secondary N) is 2. The molecule has 2 fully saturated rings. The van der Waals surface area contributed by atoms with Gasteiger partial charge >= 0.3 is 5.97 Å². The highest BCUT2D eigenvalue weighted by Gasteiger charge is 2.54. The van der Waals surface area contributed by atoms with Gasteiger partial charge in [0.05, 0.1) is 0 Å². The minimum Gasteiger partial charge on any atom is -0.477 e. The number of aryl methyl sites for hydroxylation is 1. The number of carboxylic acids is 1. The minimum atomic E-state index is -1.23. The predicted octanol–water partition coefficient (Wildman–Crippen LogP) is -0.351. The number of thiazole rings is 1. The molecule has 0 spiro atoms. The molecule has 5 rings (SSSR count). The molecule has 18 heteroatoms. The van der Waals surface area contributed by atoms with Gasteiger partial charge in [0.15, 0.2) is 10.8 Å². The maximum atomic E-state index is 13.1. The van der Waals surface area contributed by atoms with Crippen molar-refractivity contribution in [3.05, 3.63) is 22.3 Å². The third-order valence-corrected chi connectivity index (χ3v) is 8.66. The van der Waals surface area contributed by atoms with Gasteiger partial charge in [0, 0.05) is 23.9 Å². The number of anilines is 1. The zero-order valence-electron chi connectivity index (χ0n) is 19.1. The van der Waals surface area contributed by atoms with Crippen LogP contribution in [0.25, 0.3) is 0 Å². The zero-order valence-corrected chi connectivity index (χ0v) is 21.5. The molecule has 0 unspecified atom stereocenters. The second kappa shape index (κ2) is 10.5. The van der Waals surface area contributed by atoms with E-state index in [-0.39, 0.29) is 34.1 Å². The molecule has 0 bridgehead atoms. The second-order valence-corrected chi connectivity index (χ2v) is 10.9. The largest absolute Gasteiger partial charge is 0.477 e. The lowest BCUT2D eigenvalue weighted by Crippen LogP contribution is -2.71. The number of β-lactam (4-membered cyclic amide) rings is 1. The number of rotatable bonds is 11. The fourth-order valence-corrected chi connectivity index (χ4v) is 6.49. The summed E-state index contributed by atoms with van der Waals surface area (Å²) in [4.78, 5) is 59.7. The molecule has 2 aliphatic heterocycles. The Hall–Kier alpha value is -3.51. The first-order valence-electron chi connectivity index (χ1n) is 10.8. The van der Waals surface area contributed by atoms with Crippen LogP contribution in [0.2, 0.25) is 0 Å². The SMILES string of the molecule is Cn1nnnc1SCC1=C(C(=O)O)N2C(=O)[C@@H](NC(=O)C(=NOC3CC3)c3csc(NC=O)n3)[C@@H]2SC1. The molecule has 2 aromatic heterocycles. The van der Waals surface area contributed by atoms with E-state index in [1.165, 1.54) is 38.5 Å². The molecular weight excluding hydrogens is 546 g/mol. The zero-order chi connectivity index (χ0) is 26.1. The summed E-state index contributed by atoms with van der Waals surface area (Å²) in [6, 6.07) is -0.957. The molecule has 2 aromatic rings. The third-order valence-electron chi connectivity index (χ3n) is 5.45. The third kappa shape index (κ3) is 5.16. The summed E-state index contributed by atoms with van der Waals surface area (Å²) in [5.41, 5.74) is 0.489. The number of carboxylic acid groups (broad SMARTS) is 1. The van der Waals surface area contributed by atoms with Crippen LogP contribution in [0.3, 0.4) is 0 Å². The Bertz CT molecular complexity index is 1320. The molecule has 3 amide bonds. The van der Waals surface area contributed by atoms with E-state index in [0.29, 0.717) is 22.9 Å². The van der Waals surface area contributed by atoms with E-state index < -0.39 is 29.2 Å². The monoisotopic (exact) mass is 565 g/mol. The lowest BCUT2D eigenvalue weighted by atomic mass is 10.0. The number of nitrogens with zero attached hydrogens (tertiary/aromatic N) is 7. The Morgan fingerprint density at radius 2 is 2.22 bits per heavy atom. The first-order chi connectivity index (χ1) is 17.9. The molecule has 0 radical (unpaired) electrons. The van der Waals surface area contributed by atoms with Crippen LogP contribution in [0.1, 0.15) is 18.5 Å². The fraction of sp³-hybridized carbons (Fsp3) is 0.421. The van der Waals surface area contributed by atoms with Gasteiger partial charge in [0.1, 0.15) is 28.9 Å². The summed E-state index contributed by atoms with van der Waals surface area (Å²) in [6.45, 7) is 0. The Labute approximate surface area is 221 Å². The lowest BCUT2D eigenvalue weighted by molar-refractivity contribution is -0.150. The number of aliphatic carboxylic acids is 1. The second-order valence-electron chi connectivity index (χ2n) is 8.04. The molecule has 2 atom stereocenters. The van der Waals surface area contributed by atoms with E-state index in [1.54, 1.807) is 7.05 Å². The Kier molecular flexibility index (Phi) is 7.11. The standard InChI is InChI=1S/C19H19N9O6S3/c1-27-19(23-25-26-27)37-5-8-4-35-16-12(15(31)28(16)13(8)17(32)33)22-14(30)11(24-34-9-2-3-9)10-6-36-18(21-10)20-7-29/h6-7,9,12,16H,2-5H2,1H3,(H,22,30)(H,32,33)(H,20,21,29)/t12-,16+/m1/s1. The smallest absolute Gasteiger partial charge is 0.352 e. The van der Waals surface area contributed by atoms with Crippen LogP contribution in [0.4, 0.5) is 5.13 Å². The van der Waals surface area contributed by atoms with Gasteiger partial charge in [0.25, 0.3) is 11.8 Å². The molecule has 3 N–H and O–H groups in total. The topological polar surface area (TPSA) is 194 Å². The summed E-state index contributed by atoms with van der Waals surface area (Å²) in [5.74, 6) is -1.84. The quantitative estimate of drug-likeness (QED) is 0.106. The van der Waals surface area contributed by atoms with Crippen LogP contribution in [-0.4, -0.2) is 94.1 Å². The van der Waals surface area contributed by atoms with E-state index in [9.17, 15) is 24.3 Å². The van der Waals surface area contributed by atoms with Crippen LogP contribution in [0.5, 0.6) is 0 Å². The molecule has 0 aromatic carbocycles. The van der Waals surface area contributed by atoms with Gasteiger partial charge in [-0.2, -0.15) is 0 Å². The molecule has 1 aliphatic carbocycles. The van der Waals surface area contributed by atoms with E-state index in [4.69, 9.17) is 4.84 Å². The van der Waals surface area contributed by atoms with Gasteiger partial charge in [-0.1, -0.05) is 16.9 Å². The highest BCUT2D eigenvalue weighted by atomic mass is 32.2. The highest BCUT2D eigenvalue weighted by Crippen LogP contribution is 2.41. The molecule has 15 nitrogen and oxygen atoms in total. The van der Waals surface area contributed by atoms with Crippen molar-refractivity contribution in [1.82, 2.24) is 35.4 Å². The van der Waals surface area contributed by atoms with Crippen LogP contribution in [-0.2, 0) is 31.1 Å². The molecule has 194 valence electrons. The van der Waals surface area contributed by atoms with Crippen molar-refractivity contribution in [2.75, 3.05) is 16.8 Å². The highest BCUT2D eigenvalue weighted by molar-refractivity contribution is 8.01. The van der Waals surface area contributed by atoms with Gasteiger partial charge in [-0.15, -0.1) is 28.2 Å². The first-order valence-corrected chi connectivity index (χ1v) is 13.7. The summed E-state index contributed by atoms with van der Waals surface area (Å²) in [5, 5.41) is 31.8. The van der Waals surface area contributed by atoms with Gasteiger partial charge in [-0.05, 0) is 28.8 Å². The minimum absolute atomic E-state index is 0.0828. The van der Waals surface area contributed by atoms with Crippen LogP contribution in [0.15, 0.2) is 27.0 Å². The van der Waals surface area contributed by atoms with E-state index in [2.05, 4.69) is 36.3 Å². The molecule has 37 heavy (non-hydrogen) atoms. The van der Waals surface area contributed by atoms with Gasteiger partial charge in [-0.25, -0.2) is 14.5 Å². The average Bonchev–Trinajstić information content (AvgIpc) is 3.44. The van der Waals surface area contributed by atoms with Crippen molar-refractivity contribution in [2.45, 2.75) is 35.5 Å². The number of hydrogen-bond acceptors (Lipinski definition) is 13. The normalized spacial score (nSPS) is 21.3. The predicted molar refractivity (Wildman–Crippen MR) is 132 cm³/mol. The number of oxime groups is 1. The average molecular weight is 566 g/mol. The summed E-state index contributed by atoms with van der Waals surface area (Å²) in [7, 11) is 1.67. The fourth-order valence-electron chi connectivity index (χ4n) is 3.50. The van der Waals surface area contributed by atoms with Crippen molar-refractivity contribution in [3.8, 4) is 0 Å². The Balaban J connectivity index is 1.31. The van der Waals surface area contributed by atoms with Crippen molar-refractivity contribution in [1.29, 1.82) is 0 Å². The van der Waals surface area contributed by atoms with Gasteiger partial charge in [-0.3, -0.25) is 19.3 Å². The summed E-state index contributed by atoms with van der Waals surface area (Å²) >= 11 is 3.71. The number of carbonyl (C=O) groups is 4. The number of tetrazole rings is 1. The number of fused-ring (bicyclic) bond motifs is 1. The van der Waals surface area contributed by atoms with E-state index >= 15 is 0 Å².